The Kier molecular flexibility index (Phi) is 12.3. The molecule has 9 heteroatoms. The fraction of sp³-hybridized carbons (Fsp3) is 0.391. The van der Waals surface area contributed by atoms with E-state index in [4.69, 9.17) is 9.47 Å². The lowest BCUT2D eigenvalue weighted by Crippen LogP contribution is -2.41. The first-order chi connectivity index (χ1) is 14.9. The van der Waals surface area contributed by atoms with Crippen LogP contribution in [0.3, 0.4) is 0 Å². The number of ether oxygens (including phenoxy) is 2. The van der Waals surface area contributed by atoms with E-state index in [1.807, 2.05) is 69.3 Å². The molecule has 2 aromatic rings. The molecule has 0 fully saturated rings. The minimum Gasteiger partial charge on any atom is -0.493 e. The predicted molar refractivity (Wildman–Crippen MR) is 140 cm³/mol. The summed E-state index contributed by atoms with van der Waals surface area (Å²) in [6.07, 6.45) is -0.0859. The van der Waals surface area contributed by atoms with Crippen molar-refractivity contribution in [2.45, 2.75) is 39.5 Å². The maximum atomic E-state index is 11.8. The van der Waals surface area contributed by atoms with Gasteiger partial charge in [0.2, 0.25) is 0 Å². The van der Waals surface area contributed by atoms with Crippen LogP contribution in [0.5, 0.6) is 11.5 Å². The summed E-state index contributed by atoms with van der Waals surface area (Å²) in [5.74, 6) is 2.09. The largest absolute Gasteiger partial charge is 0.493 e. The van der Waals surface area contributed by atoms with E-state index in [1.165, 1.54) is 0 Å². The molecule has 0 spiro atoms. The minimum absolute atomic E-state index is 0. The Balaban J connectivity index is 0.00000512. The van der Waals surface area contributed by atoms with Crippen molar-refractivity contribution in [3.05, 3.63) is 54.1 Å². The number of carbonyl (C=O) groups is 1. The normalized spacial score (nSPS) is 11.8. The van der Waals surface area contributed by atoms with Crippen LogP contribution >= 0.6 is 24.0 Å². The Morgan fingerprint density at radius 2 is 1.66 bits per heavy atom. The Morgan fingerprint density at radius 1 is 1.00 bits per heavy atom. The molecule has 0 aliphatic heterocycles. The molecule has 2 aromatic carbocycles. The van der Waals surface area contributed by atoms with Crippen LogP contribution < -0.4 is 30.7 Å². The summed E-state index contributed by atoms with van der Waals surface area (Å²) in [6, 6.07) is 15.1. The van der Waals surface area contributed by atoms with Crippen molar-refractivity contribution in [2.24, 2.45) is 4.99 Å². The highest BCUT2D eigenvalue weighted by atomic mass is 127. The van der Waals surface area contributed by atoms with Gasteiger partial charge in [-0.2, -0.15) is 0 Å². The molecular weight excluding hydrogens is 521 g/mol. The molecule has 176 valence electrons. The van der Waals surface area contributed by atoms with E-state index in [0.717, 1.165) is 11.3 Å². The molecule has 2 amide bonds. The van der Waals surface area contributed by atoms with E-state index in [1.54, 1.807) is 14.2 Å². The molecule has 0 heterocycles. The molecule has 0 aliphatic carbocycles. The Morgan fingerprint density at radius 3 is 2.25 bits per heavy atom. The fourth-order valence-electron chi connectivity index (χ4n) is 2.76. The third kappa shape index (κ3) is 9.63. The second-order valence-corrected chi connectivity index (χ2v) is 7.34. The first-order valence-electron chi connectivity index (χ1n) is 10.3. The van der Waals surface area contributed by atoms with Crippen molar-refractivity contribution in [1.82, 2.24) is 16.0 Å². The number of aliphatic imine (C=N–C) groups is 1. The molecule has 0 bridgehead atoms. The molecule has 1 unspecified atom stereocenters. The molecule has 0 radical (unpaired) electrons. The number of nitrogens with one attached hydrogen (secondary N) is 4. The first kappa shape index (κ1) is 27.3. The Hall–Kier alpha value is -2.69. The summed E-state index contributed by atoms with van der Waals surface area (Å²) in [4.78, 5) is 16.0. The summed E-state index contributed by atoms with van der Waals surface area (Å²) in [5.41, 5.74) is 1.81. The minimum atomic E-state index is -0.213. The molecule has 0 aromatic heterocycles. The number of amides is 2. The average molecular weight is 555 g/mol. The van der Waals surface area contributed by atoms with Gasteiger partial charge in [-0.25, -0.2) is 4.79 Å². The van der Waals surface area contributed by atoms with Gasteiger partial charge < -0.3 is 30.7 Å². The van der Waals surface area contributed by atoms with E-state index >= 15 is 0 Å². The number of benzene rings is 2. The number of halogens is 1. The van der Waals surface area contributed by atoms with Crippen LogP contribution in [0.15, 0.2) is 53.5 Å². The van der Waals surface area contributed by atoms with Crippen molar-refractivity contribution in [3.8, 4) is 11.5 Å². The number of urea groups is 1. The van der Waals surface area contributed by atoms with Crippen LogP contribution in [0.1, 0.15) is 26.3 Å². The topological polar surface area (TPSA) is 96.0 Å². The van der Waals surface area contributed by atoms with E-state index < -0.39 is 0 Å². The lowest BCUT2D eigenvalue weighted by atomic mass is 10.2. The number of nitrogens with zero attached hydrogens (tertiary/aromatic N) is 1. The first-order valence-corrected chi connectivity index (χ1v) is 10.3. The van der Waals surface area contributed by atoms with Crippen LogP contribution in [-0.2, 0) is 6.54 Å². The number of hydrogen-bond donors (Lipinski definition) is 4. The maximum Gasteiger partial charge on any atom is 0.319 e. The van der Waals surface area contributed by atoms with Crippen molar-refractivity contribution in [1.29, 1.82) is 0 Å². The maximum absolute atomic E-state index is 11.8. The van der Waals surface area contributed by atoms with Crippen LogP contribution in [-0.4, -0.2) is 44.8 Å². The number of anilines is 1. The van der Waals surface area contributed by atoms with Gasteiger partial charge in [0, 0.05) is 25.3 Å². The Labute approximate surface area is 207 Å². The van der Waals surface area contributed by atoms with Crippen molar-refractivity contribution < 1.29 is 14.3 Å². The van der Waals surface area contributed by atoms with E-state index in [-0.39, 0.29) is 42.2 Å². The number of hydrogen-bond acceptors (Lipinski definition) is 4. The molecule has 1 atom stereocenters. The molecule has 0 aliphatic rings. The predicted octanol–water partition coefficient (Wildman–Crippen LogP) is 3.98. The lowest BCUT2D eigenvalue weighted by Gasteiger charge is -2.19. The van der Waals surface area contributed by atoms with Crippen LogP contribution in [0.2, 0.25) is 0 Å². The van der Waals surface area contributed by atoms with Crippen LogP contribution in [0, 0.1) is 0 Å². The molecular formula is C23H34IN5O3. The van der Waals surface area contributed by atoms with Gasteiger partial charge in [-0.05, 0) is 50.6 Å². The van der Waals surface area contributed by atoms with Gasteiger partial charge in [0.1, 0.15) is 6.10 Å². The van der Waals surface area contributed by atoms with Crippen LogP contribution in [0.25, 0.3) is 0 Å². The molecule has 0 saturated carbocycles. The van der Waals surface area contributed by atoms with E-state index in [0.29, 0.717) is 30.5 Å². The molecule has 8 nitrogen and oxygen atoms in total. The second-order valence-electron chi connectivity index (χ2n) is 7.34. The van der Waals surface area contributed by atoms with Crippen LogP contribution in [0.4, 0.5) is 10.5 Å². The van der Waals surface area contributed by atoms with Crippen molar-refractivity contribution in [3.63, 3.8) is 0 Å². The van der Waals surface area contributed by atoms with Gasteiger partial charge in [0.05, 0.1) is 13.7 Å². The zero-order chi connectivity index (χ0) is 22.6. The SMILES string of the molecule is CN=C(NCc1ccc(NC(=O)NC(C)C)cc1)NCC(C)Oc1ccccc1OC.I. The van der Waals surface area contributed by atoms with Gasteiger partial charge in [-0.1, -0.05) is 24.3 Å². The summed E-state index contributed by atoms with van der Waals surface area (Å²) < 4.78 is 11.3. The number of carbonyl (C=O) groups excluding carboxylic acids is 1. The molecule has 32 heavy (non-hydrogen) atoms. The van der Waals surface area contributed by atoms with Gasteiger partial charge in [-0.15, -0.1) is 24.0 Å². The smallest absolute Gasteiger partial charge is 0.319 e. The highest BCUT2D eigenvalue weighted by Crippen LogP contribution is 2.26. The van der Waals surface area contributed by atoms with Crippen molar-refractivity contribution >= 4 is 41.7 Å². The fourth-order valence-corrected chi connectivity index (χ4v) is 2.76. The number of methoxy groups -OCH3 is 1. The Bertz CT molecular complexity index is 859. The van der Waals surface area contributed by atoms with Gasteiger partial charge in [0.25, 0.3) is 0 Å². The van der Waals surface area contributed by atoms with E-state index in [9.17, 15) is 4.79 Å². The average Bonchev–Trinajstić information content (AvgIpc) is 2.74. The summed E-state index contributed by atoms with van der Waals surface area (Å²) in [6.45, 7) is 6.99. The summed E-state index contributed by atoms with van der Waals surface area (Å²) >= 11 is 0. The second kappa shape index (κ2) is 14.4. The molecule has 2 rings (SSSR count). The third-order valence-corrected chi connectivity index (χ3v) is 4.27. The summed E-state index contributed by atoms with van der Waals surface area (Å²) in [5, 5.41) is 12.1. The third-order valence-electron chi connectivity index (χ3n) is 4.27. The standard InChI is InChI=1S/C23H33N5O3.HI/c1-16(2)27-23(29)28-19-12-10-18(11-13-19)15-26-22(24-4)25-14-17(3)31-21-9-7-6-8-20(21)30-5;/h6-13,16-17H,14-15H2,1-5H3,(H2,24,25,26)(H2,27,28,29);1H. The highest BCUT2D eigenvalue weighted by molar-refractivity contribution is 14.0. The number of rotatable bonds is 9. The van der Waals surface area contributed by atoms with Gasteiger partial charge >= 0.3 is 6.03 Å². The molecule has 0 saturated heterocycles. The van der Waals surface area contributed by atoms with Gasteiger partial charge in [0.15, 0.2) is 17.5 Å². The number of guanidine groups is 1. The molecule has 4 N–H and O–H groups in total. The highest BCUT2D eigenvalue weighted by Gasteiger charge is 2.09. The number of para-hydroxylation sites is 2. The summed E-state index contributed by atoms with van der Waals surface area (Å²) in [7, 11) is 3.35. The lowest BCUT2D eigenvalue weighted by molar-refractivity contribution is 0.213. The van der Waals surface area contributed by atoms with E-state index in [2.05, 4.69) is 26.3 Å². The quantitative estimate of drug-likeness (QED) is 0.213. The van der Waals surface area contributed by atoms with Gasteiger partial charge in [-0.3, -0.25) is 4.99 Å². The van der Waals surface area contributed by atoms with Crippen molar-refractivity contribution in [2.75, 3.05) is 26.0 Å². The zero-order valence-corrected chi connectivity index (χ0v) is 21.6. The zero-order valence-electron chi connectivity index (χ0n) is 19.3. The monoisotopic (exact) mass is 555 g/mol.